The number of hydrogen-bond donors (Lipinski definition) is 3. The molecule has 0 unspecified atom stereocenters. The summed E-state index contributed by atoms with van der Waals surface area (Å²) in [6, 6.07) is 10.3. The van der Waals surface area contributed by atoms with Gasteiger partial charge < -0.3 is 9.15 Å². The number of carbonyl (C=O) groups is 2. The fourth-order valence-corrected chi connectivity index (χ4v) is 1.95. The number of thiocarbonyl (C=S) groups is 1. The lowest BCUT2D eigenvalue weighted by Crippen LogP contribution is -2.49. The number of carbonyl (C=O) groups excluding carboxylic acids is 2. The van der Waals surface area contributed by atoms with Crippen LogP contribution in [0.5, 0.6) is 5.75 Å². The van der Waals surface area contributed by atoms with Crippen molar-refractivity contribution in [1.29, 1.82) is 0 Å². The maximum absolute atomic E-state index is 11.6. The van der Waals surface area contributed by atoms with Crippen LogP contribution >= 0.6 is 34.8 Å². The lowest BCUT2D eigenvalue weighted by molar-refractivity contribution is -0.123. The van der Waals surface area contributed by atoms with Crippen molar-refractivity contribution in [3.8, 4) is 5.75 Å². The van der Waals surface area contributed by atoms with Gasteiger partial charge in [0, 0.05) is 3.57 Å². The van der Waals surface area contributed by atoms with E-state index in [4.69, 9.17) is 21.4 Å². The normalized spacial score (nSPS) is 9.78. The van der Waals surface area contributed by atoms with Gasteiger partial charge in [-0.2, -0.15) is 0 Å². The van der Waals surface area contributed by atoms with Crippen molar-refractivity contribution in [3.05, 3.63) is 52.0 Å². The summed E-state index contributed by atoms with van der Waals surface area (Å²) in [7, 11) is 0. The van der Waals surface area contributed by atoms with Crippen LogP contribution in [-0.2, 0) is 4.79 Å². The topological polar surface area (TPSA) is 92.6 Å². The van der Waals surface area contributed by atoms with Gasteiger partial charge in [-0.15, -0.1) is 0 Å². The predicted molar refractivity (Wildman–Crippen MR) is 94.7 cm³/mol. The summed E-state index contributed by atoms with van der Waals surface area (Å²) in [4.78, 5) is 23.2. The molecule has 23 heavy (non-hydrogen) atoms. The third-order valence-electron chi connectivity index (χ3n) is 2.47. The minimum Gasteiger partial charge on any atom is -0.484 e. The molecule has 0 fully saturated rings. The second-order valence-electron chi connectivity index (χ2n) is 4.18. The second kappa shape index (κ2) is 8.48. The third kappa shape index (κ3) is 5.87. The largest absolute Gasteiger partial charge is 0.484 e. The first kappa shape index (κ1) is 17.2. The van der Waals surface area contributed by atoms with E-state index >= 15 is 0 Å². The number of hydrazine groups is 1. The van der Waals surface area contributed by atoms with E-state index in [9.17, 15) is 9.59 Å². The summed E-state index contributed by atoms with van der Waals surface area (Å²) in [6.45, 7) is -0.192. The van der Waals surface area contributed by atoms with Gasteiger partial charge in [-0.1, -0.05) is 0 Å². The zero-order valence-electron chi connectivity index (χ0n) is 11.7. The molecule has 2 aromatic rings. The number of hydrogen-bond acceptors (Lipinski definition) is 5. The molecule has 0 aliphatic carbocycles. The molecule has 1 aromatic heterocycles. The van der Waals surface area contributed by atoms with Crippen molar-refractivity contribution in [2.75, 3.05) is 6.61 Å². The summed E-state index contributed by atoms with van der Waals surface area (Å²) in [5.74, 6) is -0.271. The van der Waals surface area contributed by atoms with Crippen molar-refractivity contribution in [2.24, 2.45) is 0 Å². The first-order valence-electron chi connectivity index (χ1n) is 6.36. The molecular weight excluding hydrogens is 433 g/mol. The summed E-state index contributed by atoms with van der Waals surface area (Å²) in [6.07, 6.45) is 1.37. The van der Waals surface area contributed by atoms with E-state index in [0.29, 0.717) is 5.75 Å². The first-order chi connectivity index (χ1) is 11.0. The van der Waals surface area contributed by atoms with E-state index in [-0.39, 0.29) is 17.5 Å². The zero-order valence-corrected chi connectivity index (χ0v) is 14.6. The number of rotatable bonds is 4. The average Bonchev–Trinajstić information content (AvgIpc) is 3.07. The molecule has 120 valence electrons. The highest BCUT2D eigenvalue weighted by molar-refractivity contribution is 14.1. The summed E-state index contributed by atoms with van der Waals surface area (Å²) >= 11 is 7.05. The number of furan rings is 1. The highest BCUT2D eigenvalue weighted by Crippen LogP contribution is 2.13. The number of amides is 2. The van der Waals surface area contributed by atoms with Crippen LogP contribution in [0.1, 0.15) is 10.6 Å². The molecule has 0 atom stereocenters. The molecule has 2 amide bonds. The van der Waals surface area contributed by atoms with Crippen LogP contribution in [0.2, 0.25) is 0 Å². The Morgan fingerprint density at radius 2 is 1.91 bits per heavy atom. The Morgan fingerprint density at radius 3 is 2.57 bits per heavy atom. The van der Waals surface area contributed by atoms with E-state index in [1.54, 1.807) is 18.2 Å². The average molecular weight is 445 g/mol. The van der Waals surface area contributed by atoms with Gasteiger partial charge >= 0.3 is 0 Å². The molecule has 2 rings (SSSR count). The predicted octanol–water partition coefficient (Wildman–Crippen LogP) is 1.60. The number of nitrogens with one attached hydrogen (secondary N) is 3. The lowest BCUT2D eigenvalue weighted by Gasteiger charge is -2.10. The molecule has 3 N–H and O–H groups in total. The maximum atomic E-state index is 11.6. The molecule has 0 bridgehead atoms. The van der Waals surface area contributed by atoms with Crippen LogP contribution in [0.15, 0.2) is 47.1 Å². The lowest BCUT2D eigenvalue weighted by atomic mass is 10.3. The standard InChI is InChI=1S/C14H12IN3O4S/c15-9-3-5-10(6-4-9)22-8-12(19)17-18-14(23)16-13(20)11-2-1-7-21-11/h1-7H,8H2,(H,17,19)(H2,16,18,20,23). The fraction of sp³-hybridized carbons (Fsp3) is 0.0714. The minimum atomic E-state index is -0.517. The molecule has 0 saturated carbocycles. The SMILES string of the molecule is O=C(COc1ccc(I)cc1)NNC(=S)NC(=O)c1ccco1. The van der Waals surface area contributed by atoms with Gasteiger partial charge in [0.25, 0.3) is 11.8 Å². The Morgan fingerprint density at radius 1 is 1.17 bits per heavy atom. The molecular formula is C14H12IN3O4S. The van der Waals surface area contributed by atoms with E-state index in [0.717, 1.165) is 3.57 Å². The number of ether oxygens (including phenoxy) is 1. The fourth-order valence-electron chi connectivity index (χ4n) is 1.45. The van der Waals surface area contributed by atoms with Crippen LogP contribution in [0.4, 0.5) is 0 Å². The quantitative estimate of drug-likeness (QED) is 0.376. The van der Waals surface area contributed by atoms with Gasteiger partial charge in [0.1, 0.15) is 5.75 Å². The van der Waals surface area contributed by atoms with Gasteiger partial charge in [0.05, 0.1) is 6.26 Å². The highest BCUT2D eigenvalue weighted by atomic mass is 127. The molecule has 1 heterocycles. The number of benzene rings is 1. The van der Waals surface area contributed by atoms with Crippen molar-refractivity contribution in [1.82, 2.24) is 16.2 Å². The molecule has 0 aliphatic rings. The summed E-state index contributed by atoms with van der Waals surface area (Å²) < 4.78 is 11.3. The van der Waals surface area contributed by atoms with Crippen molar-refractivity contribution < 1.29 is 18.7 Å². The smallest absolute Gasteiger partial charge is 0.293 e. The van der Waals surface area contributed by atoms with E-state index < -0.39 is 11.8 Å². The molecule has 0 radical (unpaired) electrons. The molecule has 9 heteroatoms. The molecule has 0 spiro atoms. The van der Waals surface area contributed by atoms with Crippen LogP contribution in [0, 0.1) is 3.57 Å². The van der Waals surface area contributed by atoms with E-state index in [2.05, 4.69) is 38.8 Å². The van der Waals surface area contributed by atoms with Gasteiger partial charge in [-0.3, -0.25) is 25.8 Å². The van der Waals surface area contributed by atoms with Crippen LogP contribution in [0.25, 0.3) is 0 Å². The summed E-state index contributed by atoms with van der Waals surface area (Å²) in [5.41, 5.74) is 4.71. The Hall–Kier alpha value is -2.14. The van der Waals surface area contributed by atoms with Crippen molar-refractivity contribution >= 4 is 51.7 Å². The Balaban J connectivity index is 1.68. The Kier molecular flexibility index (Phi) is 6.35. The third-order valence-corrected chi connectivity index (χ3v) is 3.39. The minimum absolute atomic E-state index is 0.0611. The second-order valence-corrected chi connectivity index (χ2v) is 5.83. The van der Waals surface area contributed by atoms with Crippen molar-refractivity contribution in [3.63, 3.8) is 0 Å². The Labute approximate surface area is 150 Å². The maximum Gasteiger partial charge on any atom is 0.293 e. The zero-order chi connectivity index (χ0) is 16.7. The van der Waals surface area contributed by atoms with E-state index in [1.807, 2.05) is 12.1 Å². The molecule has 0 aliphatic heterocycles. The van der Waals surface area contributed by atoms with Gasteiger partial charge in [-0.25, -0.2) is 0 Å². The Bertz CT molecular complexity index is 689. The number of halogens is 1. The van der Waals surface area contributed by atoms with Crippen LogP contribution in [0.3, 0.4) is 0 Å². The van der Waals surface area contributed by atoms with Gasteiger partial charge in [0.15, 0.2) is 17.5 Å². The first-order valence-corrected chi connectivity index (χ1v) is 7.85. The molecule has 0 saturated heterocycles. The molecule has 7 nitrogen and oxygen atoms in total. The molecule has 1 aromatic carbocycles. The van der Waals surface area contributed by atoms with Crippen LogP contribution < -0.4 is 20.9 Å². The van der Waals surface area contributed by atoms with Gasteiger partial charge in [0.2, 0.25) is 0 Å². The van der Waals surface area contributed by atoms with Gasteiger partial charge in [-0.05, 0) is 71.2 Å². The van der Waals surface area contributed by atoms with Crippen LogP contribution in [-0.4, -0.2) is 23.5 Å². The highest BCUT2D eigenvalue weighted by Gasteiger charge is 2.10. The monoisotopic (exact) mass is 445 g/mol. The van der Waals surface area contributed by atoms with Crippen molar-refractivity contribution in [2.45, 2.75) is 0 Å². The summed E-state index contributed by atoms with van der Waals surface area (Å²) in [5, 5.41) is 2.29. The van der Waals surface area contributed by atoms with E-state index in [1.165, 1.54) is 12.3 Å².